The summed E-state index contributed by atoms with van der Waals surface area (Å²) in [6.07, 6.45) is 3.52. The molecule has 26 heavy (non-hydrogen) atoms. The van der Waals surface area contributed by atoms with Crippen LogP contribution in [0.25, 0.3) is 11.4 Å². The third-order valence-electron chi connectivity index (χ3n) is 4.59. The molecule has 0 aliphatic carbocycles. The summed E-state index contributed by atoms with van der Waals surface area (Å²) in [6.45, 7) is 2.39. The summed E-state index contributed by atoms with van der Waals surface area (Å²) < 4.78 is 11.8. The van der Waals surface area contributed by atoms with E-state index in [1.165, 1.54) is 12.0 Å². The summed E-state index contributed by atoms with van der Waals surface area (Å²) in [4.78, 5) is 2.22. The van der Waals surface area contributed by atoms with Crippen molar-refractivity contribution in [3.63, 3.8) is 0 Å². The molecule has 1 aromatic carbocycles. The van der Waals surface area contributed by atoms with Gasteiger partial charge < -0.3 is 9.15 Å². The highest BCUT2D eigenvalue weighted by atomic mass is 16.5. The predicted molar refractivity (Wildman–Crippen MR) is 96.0 cm³/mol. The molecule has 0 amide bonds. The van der Waals surface area contributed by atoms with E-state index in [9.17, 15) is 0 Å². The zero-order valence-electron chi connectivity index (χ0n) is 14.9. The van der Waals surface area contributed by atoms with Gasteiger partial charge in [-0.25, -0.2) is 0 Å². The van der Waals surface area contributed by atoms with E-state index in [0.29, 0.717) is 5.82 Å². The molecule has 0 unspecified atom stereocenters. The van der Waals surface area contributed by atoms with Gasteiger partial charge in [0.25, 0.3) is 0 Å². The van der Waals surface area contributed by atoms with Crippen molar-refractivity contribution in [2.75, 3.05) is 13.7 Å². The maximum absolute atomic E-state index is 6.02. The Morgan fingerprint density at radius 2 is 2.15 bits per heavy atom. The molecule has 0 saturated carbocycles. The van der Waals surface area contributed by atoms with Crippen LogP contribution in [0.4, 0.5) is 0 Å². The lowest BCUT2D eigenvalue weighted by Gasteiger charge is -2.20. The molecule has 7 heteroatoms. The van der Waals surface area contributed by atoms with Crippen molar-refractivity contribution < 1.29 is 9.15 Å². The first-order valence-electron chi connectivity index (χ1n) is 8.99. The second-order valence-corrected chi connectivity index (χ2v) is 6.77. The number of tetrazole rings is 1. The van der Waals surface area contributed by atoms with Gasteiger partial charge in [0.15, 0.2) is 0 Å². The van der Waals surface area contributed by atoms with Crippen molar-refractivity contribution in [3.05, 3.63) is 53.5 Å². The summed E-state index contributed by atoms with van der Waals surface area (Å²) >= 11 is 0. The van der Waals surface area contributed by atoms with Gasteiger partial charge in [-0.1, -0.05) is 18.2 Å². The number of ether oxygens (including phenoxy) is 1. The van der Waals surface area contributed by atoms with E-state index in [2.05, 4.69) is 56.8 Å². The smallest absolute Gasteiger partial charge is 0.204 e. The van der Waals surface area contributed by atoms with E-state index in [1.807, 2.05) is 12.1 Å². The van der Waals surface area contributed by atoms with E-state index in [4.69, 9.17) is 9.15 Å². The zero-order valence-corrected chi connectivity index (χ0v) is 14.9. The molecule has 1 aliphatic rings. The number of nitrogens with one attached hydrogen (secondary N) is 1. The quantitative estimate of drug-likeness (QED) is 0.732. The van der Waals surface area contributed by atoms with E-state index in [-0.39, 0.29) is 6.10 Å². The highest BCUT2D eigenvalue weighted by molar-refractivity contribution is 5.54. The maximum atomic E-state index is 6.02. The Hall–Kier alpha value is -2.51. The van der Waals surface area contributed by atoms with Crippen molar-refractivity contribution in [2.45, 2.75) is 38.5 Å². The van der Waals surface area contributed by atoms with Crippen LogP contribution in [0.3, 0.4) is 0 Å². The number of aromatic amines is 1. The summed E-state index contributed by atoms with van der Waals surface area (Å²) in [5.41, 5.74) is 2.15. The lowest BCUT2D eigenvalue weighted by Crippen LogP contribution is -2.17. The molecule has 1 aliphatic heterocycles. The minimum atomic E-state index is 0.120. The molecule has 1 fully saturated rings. The fourth-order valence-electron chi connectivity index (χ4n) is 3.34. The molecule has 0 bridgehead atoms. The van der Waals surface area contributed by atoms with Crippen LogP contribution in [0.1, 0.15) is 42.5 Å². The van der Waals surface area contributed by atoms with Crippen LogP contribution in [0.5, 0.6) is 0 Å². The van der Waals surface area contributed by atoms with E-state index in [0.717, 1.165) is 49.6 Å². The first kappa shape index (κ1) is 16.9. The Morgan fingerprint density at radius 1 is 1.19 bits per heavy atom. The highest BCUT2D eigenvalue weighted by Gasteiger charge is 2.19. The van der Waals surface area contributed by atoms with Gasteiger partial charge >= 0.3 is 0 Å². The Labute approximate surface area is 152 Å². The average Bonchev–Trinajstić information content (AvgIpc) is 3.35. The highest BCUT2D eigenvalue weighted by Crippen LogP contribution is 2.29. The molecule has 0 spiro atoms. The number of rotatable bonds is 6. The molecule has 1 N–H and O–H groups in total. The molecule has 1 saturated heterocycles. The summed E-state index contributed by atoms with van der Waals surface area (Å²) in [6, 6.07) is 12.3. The molecule has 3 heterocycles. The van der Waals surface area contributed by atoms with Gasteiger partial charge in [-0.3, -0.25) is 4.90 Å². The minimum Gasteiger partial charge on any atom is -0.462 e. The topological polar surface area (TPSA) is 80.1 Å². The van der Waals surface area contributed by atoms with E-state index < -0.39 is 0 Å². The lowest BCUT2D eigenvalue weighted by atomic mass is 10.1. The number of hydrogen-bond acceptors (Lipinski definition) is 6. The van der Waals surface area contributed by atoms with Crippen LogP contribution in [-0.4, -0.2) is 39.2 Å². The van der Waals surface area contributed by atoms with Crippen molar-refractivity contribution in [1.29, 1.82) is 0 Å². The Balaban J connectivity index is 1.37. The summed E-state index contributed by atoms with van der Waals surface area (Å²) in [5, 5.41) is 14.2. The molecule has 3 aromatic rings. The van der Waals surface area contributed by atoms with Gasteiger partial charge in [-0.15, -0.1) is 10.2 Å². The Morgan fingerprint density at radius 3 is 2.96 bits per heavy atom. The van der Waals surface area contributed by atoms with Gasteiger partial charge in [0.05, 0.1) is 6.54 Å². The van der Waals surface area contributed by atoms with Crippen molar-refractivity contribution >= 4 is 0 Å². The van der Waals surface area contributed by atoms with Gasteiger partial charge in [0.2, 0.25) is 5.82 Å². The van der Waals surface area contributed by atoms with Crippen LogP contribution >= 0.6 is 0 Å². The molecular formula is C19H23N5O2. The van der Waals surface area contributed by atoms with Crippen molar-refractivity contribution in [3.8, 4) is 11.4 Å². The fraction of sp³-hybridized carbons (Fsp3) is 0.421. The Bertz CT molecular complexity index is 824. The van der Waals surface area contributed by atoms with E-state index >= 15 is 0 Å². The largest absolute Gasteiger partial charge is 0.462 e. The molecule has 1 atom stereocenters. The number of benzene rings is 1. The molecule has 136 valence electrons. The number of hydrogen-bond donors (Lipinski definition) is 1. The summed E-state index contributed by atoms with van der Waals surface area (Å²) in [7, 11) is 2.08. The zero-order chi connectivity index (χ0) is 17.8. The predicted octanol–water partition coefficient (Wildman–Crippen LogP) is 3.33. The SMILES string of the molecule is CN(Cc1cccc(-c2nn[nH]n2)c1)Cc1ccc([C@H]2CCCCO2)o1. The van der Waals surface area contributed by atoms with Crippen LogP contribution in [0.15, 0.2) is 40.8 Å². The van der Waals surface area contributed by atoms with Crippen LogP contribution in [0, 0.1) is 0 Å². The van der Waals surface area contributed by atoms with Crippen molar-refractivity contribution in [1.82, 2.24) is 25.5 Å². The average molecular weight is 353 g/mol. The number of aromatic nitrogens is 4. The third kappa shape index (κ3) is 4.00. The van der Waals surface area contributed by atoms with Gasteiger partial charge in [-0.05, 0) is 55.3 Å². The molecule has 2 aromatic heterocycles. The van der Waals surface area contributed by atoms with Gasteiger partial charge in [0, 0.05) is 18.7 Å². The first-order valence-corrected chi connectivity index (χ1v) is 8.99. The normalized spacial score (nSPS) is 17.7. The van der Waals surface area contributed by atoms with Crippen LogP contribution in [0.2, 0.25) is 0 Å². The fourth-order valence-corrected chi connectivity index (χ4v) is 3.34. The minimum absolute atomic E-state index is 0.120. The summed E-state index contributed by atoms with van der Waals surface area (Å²) in [5.74, 6) is 2.52. The second kappa shape index (κ2) is 7.80. The second-order valence-electron chi connectivity index (χ2n) is 6.77. The van der Waals surface area contributed by atoms with Gasteiger partial charge in [0.1, 0.15) is 17.6 Å². The lowest BCUT2D eigenvalue weighted by molar-refractivity contribution is 0.000907. The number of H-pyrrole nitrogens is 1. The van der Waals surface area contributed by atoms with Crippen LogP contribution < -0.4 is 0 Å². The van der Waals surface area contributed by atoms with E-state index in [1.54, 1.807) is 0 Å². The third-order valence-corrected chi connectivity index (χ3v) is 4.59. The first-order chi connectivity index (χ1) is 12.8. The number of nitrogens with zero attached hydrogens (tertiary/aromatic N) is 4. The number of furan rings is 1. The van der Waals surface area contributed by atoms with Crippen LogP contribution in [-0.2, 0) is 17.8 Å². The standard InChI is InChI=1S/C19H23N5O2/c1-24(12-14-5-4-6-15(11-14)19-20-22-23-21-19)13-16-8-9-18(26-16)17-7-2-3-10-25-17/h4-6,8-9,11,17H,2-3,7,10,12-13H2,1H3,(H,20,21,22,23)/t17-/m1/s1. The Kier molecular flexibility index (Phi) is 5.08. The van der Waals surface area contributed by atoms with Crippen molar-refractivity contribution in [2.24, 2.45) is 0 Å². The monoisotopic (exact) mass is 353 g/mol. The molecule has 7 nitrogen and oxygen atoms in total. The molecule has 0 radical (unpaired) electrons. The maximum Gasteiger partial charge on any atom is 0.204 e. The van der Waals surface area contributed by atoms with Gasteiger partial charge in [-0.2, -0.15) is 5.21 Å². The molecule has 4 rings (SSSR count). The molecular weight excluding hydrogens is 330 g/mol.